The van der Waals surface area contributed by atoms with Crippen molar-refractivity contribution < 1.29 is 13.2 Å². The van der Waals surface area contributed by atoms with E-state index in [1.165, 1.54) is 0 Å². The molecule has 0 aliphatic rings. The van der Waals surface area contributed by atoms with Crippen LogP contribution >= 0.6 is 11.6 Å². The van der Waals surface area contributed by atoms with Crippen LogP contribution in [0.5, 0.6) is 0 Å². The molecule has 0 fully saturated rings. The molecule has 0 spiro atoms. The monoisotopic (exact) mass is 257 g/mol. The molecule has 0 bridgehead atoms. The van der Waals surface area contributed by atoms with Crippen LogP contribution in [-0.4, -0.2) is 39.3 Å². The van der Waals surface area contributed by atoms with Crippen molar-refractivity contribution in [2.24, 2.45) is 5.92 Å². The Bertz CT molecular complexity index is 256. The number of hydrogen-bond acceptors (Lipinski definition) is 3. The molecule has 0 aromatic carbocycles. The number of sulfonamides is 1. The molecule has 2 unspecified atom stereocenters. The maximum Gasteiger partial charge on any atom is 0.212 e. The summed E-state index contributed by atoms with van der Waals surface area (Å²) in [5, 5.41) is 0. The summed E-state index contributed by atoms with van der Waals surface area (Å²) < 4.78 is 30.8. The van der Waals surface area contributed by atoms with Gasteiger partial charge in [-0.15, -0.1) is 11.6 Å². The number of alkyl halides is 1. The number of rotatable bonds is 8. The molecule has 0 aromatic heterocycles. The van der Waals surface area contributed by atoms with Crippen molar-refractivity contribution in [3.8, 4) is 0 Å². The Balaban J connectivity index is 4.02. The molecule has 0 aromatic rings. The van der Waals surface area contributed by atoms with E-state index in [-0.39, 0.29) is 17.7 Å². The van der Waals surface area contributed by atoms with Gasteiger partial charge in [0.1, 0.15) is 0 Å². The van der Waals surface area contributed by atoms with Gasteiger partial charge >= 0.3 is 0 Å². The minimum Gasteiger partial charge on any atom is -0.380 e. The predicted molar refractivity (Wildman–Crippen MR) is 62.8 cm³/mol. The van der Waals surface area contributed by atoms with Gasteiger partial charge in [0.05, 0.1) is 12.4 Å². The Hall–Kier alpha value is 0.160. The van der Waals surface area contributed by atoms with Gasteiger partial charge in [0.25, 0.3) is 0 Å². The third-order valence-corrected chi connectivity index (χ3v) is 4.02. The van der Waals surface area contributed by atoms with Crippen LogP contribution in [0.4, 0.5) is 0 Å². The Morgan fingerprint density at radius 2 is 2.00 bits per heavy atom. The topological polar surface area (TPSA) is 55.4 Å². The standard InChI is InChI=1S/C9H20ClNO3S/c1-4-14-6-9(3)11-15(12,13)7-8(2)5-10/h8-9,11H,4-7H2,1-3H3. The molecule has 0 saturated heterocycles. The zero-order valence-electron chi connectivity index (χ0n) is 9.49. The second-order valence-corrected chi connectivity index (χ2v) is 5.83. The summed E-state index contributed by atoms with van der Waals surface area (Å²) in [5.41, 5.74) is 0. The molecule has 4 nitrogen and oxygen atoms in total. The fraction of sp³-hybridized carbons (Fsp3) is 1.00. The lowest BCUT2D eigenvalue weighted by atomic mass is 10.3. The molecular weight excluding hydrogens is 238 g/mol. The van der Waals surface area contributed by atoms with Gasteiger partial charge in [-0.2, -0.15) is 0 Å². The number of hydrogen-bond donors (Lipinski definition) is 1. The minimum absolute atomic E-state index is 0.0385. The quantitative estimate of drug-likeness (QED) is 0.665. The maximum absolute atomic E-state index is 11.5. The number of halogens is 1. The van der Waals surface area contributed by atoms with Gasteiger partial charge in [0.15, 0.2) is 0 Å². The molecule has 2 atom stereocenters. The lowest BCUT2D eigenvalue weighted by Crippen LogP contribution is -2.38. The Morgan fingerprint density at radius 3 is 2.47 bits per heavy atom. The summed E-state index contributed by atoms with van der Waals surface area (Å²) in [4.78, 5) is 0. The average Bonchev–Trinajstić information content (AvgIpc) is 2.12. The molecule has 0 radical (unpaired) electrons. The van der Waals surface area contributed by atoms with Crippen LogP contribution in [0.3, 0.4) is 0 Å². The normalized spacial score (nSPS) is 16.3. The van der Waals surface area contributed by atoms with Crippen molar-refractivity contribution in [2.45, 2.75) is 26.8 Å². The molecule has 0 rings (SSSR count). The third-order valence-electron chi connectivity index (χ3n) is 1.72. The van der Waals surface area contributed by atoms with Gasteiger partial charge in [-0.05, 0) is 19.8 Å². The fourth-order valence-corrected chi connectivity index (χ4v) is 2.99. The summed E-state index contributed by atoms with van der Waals surface area (Å²) in [7, 11) is -3.24. The van der Waals surface area contributed by atoms with Crippen LogP contribution in [0.25, 0.3) is 0 Å². The van der Waals surface area contributed by atoms with Crippen LogP contribution in [0.15, 0.2) is 0 Å². The van der Waals surface area contributed by atoms with Gasteiger partial charge in [-0.1, -0.05) is 6.92 Å². The van der Waals surface area contributed by atoms with Crippen LogP contribution in [0.1, 0.15) is 20.8 Å². The van der Waals surface area contributed by atoms with E-state index in [0.717, 1.165) is 0 Å². The molecule has 0 aliphatic heterocycles. The van der Waals surface area contributed by atoms with E-state index in [0.29, 0.717) is 19.1 Å². The Morgan fingerprint density at radius 1 is 1.40 bits per heavy atom. The highest BCUT2D eigenvalue weighted by molar-refractivity contribution is 7.89. The van der Waals surface area contributed by atoms with Crippen molar-refractivity contribution in [3.05, 3.63) is 0 Å². The van der Waals surface area contributed by atoms with Crippen molar-refractivity contribution in [1.29, 1.82) is 0 Å². The van der Waals surface area contributed by atoms with E-state index in [1.807, 2.05) is 6.92 Å². The largest absolute Gasteiger partial charge is 0.380 e. The van der Waals surface area contributed by atoms with Gasteiger partial charge in [0, 0.05) is 18.5 Å². The molecule has 1 N–H and O–H groups in total. The first kappa shape index (κ1) is 15.2. The zero-order chi connectivity index (χ0) is 11.9. The molecular formula is C9H20ClNO3S. The van der Waals surface area contributed by atoms with E-state index >= 15 is 0 Å². The third kappa shape index (κ3) is 8.02. The summed E-state index contributed by atoms with van der Waals surface area (Å²) >= 11 is 5.56. The highest BCUT2D eigenvalue weighted by Crippen LogP contribution is 2.02. The fourth-order valence-electron chi connectivity index (χ4n) is 1.10. The molecule has 0 aliphatic carbocycles. The molecule has 0 saturated carbocycles. The SMILES string of the molecule is CCOCC(C)NS(=O)(=O)CC(C)CCl. The highest BCUT2D eigenvalue weighted by Gasteiger charge is 2.17. The van der Waals surface area contributed by atoms with Crippen molar-refractivity contribution in [2.75, 3.05) is 24.8 Å². The zero-order valence-corrected chi connectivity index (χ0v) is 11.1. The lowest BCUT2D eigenvalue weighted by Gasteiger charge is -2.15. The van der Waals surface area contributed by atoms with Crippen LogP contribution in [0.2, 0.25) is 0 Å². The van der Waals surface area contributed by atoms with E-state index in [1.54, 1.807) is 13.8 Å². The number of ether oxygens (including phenoxy) is 1. The maximum atomic E-state index is 11.5. The lowest BCUT2D eigenvalue weighted by molar-refractivity contribution is 0.133. The van der Waals surface area contributed by atoms with Crippen LogP contribution < -0.4 is 4.72 Å². The van der Waals surface area contributed by atoms with Crippen molar-refractivity contribution in [1.82, 2.24) is 4.72 Å². The van der Waals surface area contributed by atoms with Crippen molar-refractivity contribution in [3.63, 3.8) is 0 Å². The second-order valence-electron chi connectivity index (χ2n) is 3.72. The average molecular weight is 258 g/mol. The molecule has 15 heavy (non-hydrogen) atoms. The molecule has 0 amide bonds. The minimum atomic E-state index is -3.24. The Kier molecular flexibility index (Phi) is 7.52. The molecule has 0 heterocycles. The molecule has 92 valence electrons. The van der Waals surface area contributed by atoms with E-state index in [4.69, 9.17) is 16.3 Å². The van der Waals surface area contributed by atoms with Crippen LogP contribution in [-0.2, 0) is 14.8 Å². The van der Waals surface area contributed by atoms with E-state index < -0.39 is 10.0 Å². The summed E-state index contributed by atoms with van der Waals surface area (Å²) in [5.74, 6) is 0.372. The number of nitrogens with one attached hydrogen (secondary N) is 1. The highest BCUT2D eigenvalue weighted by atomic mass is 35.5. The summed E-state index contributed by atoms with van der Waals surface area (Å²) in [6.07, 6.45) is 0. The van der Waals surface area contributed by atoms with E-state index in [2.05, 4.69) is 4.72 Å². The van der Waals surface area contributed by atoms with Crippen LogP contribution in [0, 0.1) is 5.92 Å². The summed E-state index contributed by atoms with van der Waals surface area (Å²) in [6.45, 7) is 6.43. The first-order valence-corrected chi connectivity index (χ1v) is 7.23. The van der Waals surface area contributed by atoms with Crippen molar-refractivity contribution >= 4 is 21.6 Å². The second kappa shape index (κ2) is 7.44. The van der Waals surface area contributed by atoms with Gasteiger partial charge in [-0.3, -0.25) is 0 Å². The van der Waals surface area contributed by atoms with Gasteiger partial charge < -0.3 is 4.74 Å². The van der Waals surface area contributed by atoms with E-state index in [9.17, 15) is 8.42 Å². The molecule has 6 heteroatoms. The Labute approximate surface area is 97.4 Å². The first-order chi connectivity index (χ1) is 6.91. The predicted octanol–water partition coefficient (Wildman–Crippen LogP) is 1.21. The van der Waals surface area contributed by atoms with Gasteiger partial charge in [0.2, 0.25) is 10.0 Å². The smallest absolute Gasteiger partial charge is 0.212 e. The van der Waals surface area contributed by atoms with Gasteiger partial charge in [-0.25, -0.2) is 13.1 Å². The summed E-state index contributed by atoms with van der Waals surface area (Å²) in [6, 6.07) is -0.197. The first-order valence-electron chi connectivity index (χ1n) is 5.05.